The molecule has 19 heavy (non-hydrogen) atoms. The van der Waals surface area contributed by atoms with E-state index in [4.69, 9.17) is 10.5 Å². The van der Waals surface area contributed by atoms with Crippen molar-refractivity contribution < 1.29 is 9.53 Å². The van der Waals surface area contributed by atoms with Gasteiger partial charge in [0, 0.05) is 19.6 Å². The van der Waals surface area contributed by atoms with Crippen molar-refractivity contribution in [2.45, 2.75) is 52.2 Å². The van der Waals surface area contributed by atoms with Gasteiger partial charge in [0.25, 0.3) is 5.91 Å². The summed E-state index contributed by atoms with van der Waals surface area (Å²) in [6.45, 7) is 8.72. The molecule has 2 aliphatic rings. The minimum atomic E-state index is -0.266. The van der Waals surface area contributed by atoms with Gasteiger partial charge >= 0.3 is 0 Å². The van der Waals surface area contributed by atoms with Crippen LogP contribution >= 0.6 is 0 Å². The van der Waals surface area contributed by atoms with Gasteiger partial charge in [0.15, 0.2) is 0 Å². The van der Waals surface area contributed by atoms with E-state index in [9.17, 15) is 4.79 Å². The van der Waals surface area contributed by atoms with Gasteiger partial charge in [0.1, 0.15) is 6.10 Å². The average Bonchev–Trinajstić information content (AvgIpc) is 2.86. The lowest BCUT2D eigenvalue weighted by atomic mass is 9.83. The van der Waals surface area contributed by atoms with Crippen LogP contribution < -0.4 is 5.73 Å². The van der Waals surface area contributed by atoms with Gasteiger partial charge in [-0.05, 0) is 24.7 Å². The molecule has 0 bridgehead atoms. The summed E-state index contributed by atoms with van der Waals surface area (Å²) >= 11 is 0. The second-order valence-corrected chi connectivity index (χ2v) is 6.57. The smallest absolute Gasteiger partial charge is 0.252 e. The number of nitrogens with zero attached hydrogens (tertiary/aromatic N) is 1. The van der Waals surface area contributed by atoms with E-state index in [1.165, 1.54) is 5.57 Å². The summed E-state index contributed by atoms with van der Waals surface area (Å²) < 4.78 is 5.68. The Kier molecular flexibility index (Phi) is 4.31. The molecule has 4 nitrogen and oxygen atoms in total. The monoisotopic (exact) mass is 266 g/mol. The first-order chi connectivity index (χ1) is 8.91. The lowest BCUT2D eigenvalue weighted by Gasteiger charge is -2.33. The maximum absolute atomic E-state index is 12.3. The Labute approximate surface area is 116 Å². The van der Waals surface area contributed by atoms with Crippen LogP contribution in [0.3, 0.4) is 0 Å². The van der Waals surface area contributed by atoms with Crippen LogP contribution in [0.15, 0.2) is 11.6 Å². The molecule has 0 aromatic carbocycles. The highest BCUT2D eigenvalue weighted by Gasteiger charge is 2.33. The molecular formula is C15H26N2O2. The Morgan fingerprint density at radius 2 is 2.21 bits per heavy atom. The Balaban J connectivity index is 1.91. The van der Waals surface area contributed by atoms with Gasteiger partial charge in [0.2, 0.25) is 0 Å². The zero-order chi connectivity index (χ0) is 14.0. The molecule has 1 amide bonds. The Bertz CT molecular complexity index is 371. The molecule has 2 aliphatic heterocycles. The predicted octanol–water partition coefficient (Wildman–Crippen LogP) is 1.70. The van der Waals surface area contributed by atoms with Gasteiger partial charge < -0.3 is 15.4 Å². The second kappa shape index (κ2) is 5.63. The Morgan fingerprint density at radius 3 is 2.68 bits per heavy atom. The van der Waals surface area contributed by atoms with Crippen LogP contribution in [-0.2, 0) is 9.53 Å². The third-order valence-corrected chi connectivity index (χ3v) is 4.13. The van der Waals surface area contributed by atoms with Crippen molar-refractivity contribution in [1.82, 2.24) is 4.90 Å². The third-order valence-electron chi connectivity index (χ3n) is 4.13. The number of amides is 1. The molecule has 108 valence electrons. The molecule has 0 spiro atoms. The first-order valence-corrected chi connectivity index (χ1v) is 7.25. The number of ether oxygens (including phenoxy) is 1. The zero-order valence-electron chi connectivity index (χ0n) is 12.3. The van der Waals surface area contributed by atoms with Crippen LogP contribution in [0.2, 0.25) is 0 Å². The van der Waals surface area contributed by atoms with E-state index in [1.807, 2.05) is 4.90 Å². The molecule has 2 atom stereocenters. The first kappa shape index (κ1) is 14.5. The number of carbonyl (C=O) groups is 1. The van der Waals surface area contributed by atoms with E-state index >= 15 is 0 Å². The normalized spacial score (nSPS) is 28.4. The summed E-state index contributed by atoms with van der Waals surface area (Å²) in [4.78, 5) is 14.3. The van der Waals surface area contributed by atoms with E-state index in [2.05, 4.69) is 26.8 Å². The minimum Gasteiger partial charge on any atom is -0.364 e. The first-order valence-electron chi connectivity index (χ1n) is 7.25. The van der Waals surface area contributed by atoms with Crippen molar-refractivity contribution in [2.75, 3.05) is 19.6 Å². The number of carbonyl (C=O) groups excluding carboxylic acids is 1. The van der Waals surface area contributed by atoms with E-state index in [1.54, 1.807) is 0 Å². The molecule has 2 N–H and O–H groups in total. The Morgan fingerprint density at radius 1 is 1.47 bits per heavy atom. The van der Waals surface area contributed by atoms with Crippen molar-refractivity contribution in [3.05, 3.63) is 11.6 Å². The number of hydrogen-bond acceptors (Lipinski definition) is 3. The fraction of sp³-hybridized carbons (Fsp3) is 0.800. The van der Waals surface area contributed by atoms with Gasteiger partial charge in [-0.2, -0.15) is 0 Å². The van der Waals surface area contributed by atoms with Crippen molar-refractivity contribution in [1.29, 1.82) is 0 Å². The lowest BCUT2D eigenvalue weighted by Crippen LogP contribution is -2.42. The zero-order valence-corrected chi connectivity index (χ0v) is 12.3. The summed E-state index contributed by atoms with van der Waals surface area (Å²) in [6, 6.07) is 0. The quantitative estimate of drug-likeness (QED) is 0.774. The SMILES string of the molecule is CC(C)(C)C1=CCN(C(=O)C2CCC(CN)O2)CC1. The molecule has 1 saturated heterocycles. The molecule has 0 aliphatic carbocycles. The molecular weight excluding hydrogens is 240 g/mol. The molecule has 1 fully saturated rings. The molecule has 0 radical (unpaired) electrons. The largest absolute Gasteiger partial charge is 0.364 e. The predicted molar refractivity (Wildman–Crippen MR) is 75.7 cm³/mol. The van der Waals surface area contributed by atoms with Crippen molar-refractivity contribution in [3.8, 4) is 0 Å². The van der Waals surface area contributed by atoms with Crippen molar-refractivity contribution in [2.24, 2.45) is 11.1 Å². The van der Waals surface area contributed by atoms with E-state index in [0.717, 1.165) is 32.4 Å². The van der Waals surface area contributed by atoms with Gasteiger partial charge in [-0.25, -0.2) is 0 Å². The maximum atomic E-state index is 12.3. The van der Waals surface area contributed by atoms with Crippen LogP contribution in [0.4, 0.5) is 0 Å². The highest BCUT2D eigenvalue weighted by Crippen LogP contribution is 2.30. The van der Waals surface area contributed by atoms with Crippen molar-refractivity contribution in [3.63, 3.8) is 0 Å². The van der Waals surface area contributed by atoms with Crippen LogP contribution in [0.1, 0.15) is 40.0 Å². The van der Waals surface area contributed by atoms with Gasteiger partial charge in [0.05, 0.1) is 6.10 Å². The highest BCUT2D eigenvalue weighted by atomic mass is 16.5. The molecule has 0 aromatic rings. The van der Waals surface area contributed by atoms with Crippen LogP contribution in [0, 0.1) is 5.41 Å². The summed E-state index contributed by atoms with van der Waals surface area (Å²) in [7, 11) is 0. The number of nitrogens with two attached hydrogens (primary N) is 1. The molecule has 4 heteroatoms. The maximum Gasteiger partial charge on any atom is 0.252 e. The summed E-state index contributed by atoms with van der Waals surface area (Å²) in [6.07, 6.45) is 4.70. The molecule has 2 heterocycles. The standard InChI is InChI=1S/C15H26N2O2/c1-15(2,3)11-6-8-17(9-7-11)14(18)13-5-4-12(10-16)19-13/h6,12-13H,4-5,7-10,16H2,1-3H3. The van der Waals surface area contributed by atoms with Crippen LogP contribution in [-0.4, -0.2) is 42.6 Å². The number of hydrogen-bond donors (Lipinski definition) is 1. The van der Waals surface area contributed by atoms with Crippen molar-refractivity contribution >= 4 is 5.91 Å². The topological polar surface area (TPSA) is 55.6 Å². The third kappa shape index (κ3) is 3.37. The average molecular weight is 266 g/mol. The Hall–Kier alpha value is -0.870. The summed E-state index contributed by atoms with van der Waals surface area (Å²) in [5.41, 5.74) is 7.24. The van der Waals surface area contributed by atoms with Crippen LogP contribution in [0.5, 0.6) is 0 Å². The van der Waals surface area contributed by atoms with Gasteiger partial charge in [-0.1, -0.05) is 32.4 Å². The summed E-state index contributed by atoms with van der Waals surface area (Å²) in [5, 5.41) is 0. The van der Waals surface area contributed by atoms with Crippen LogP contribution in [0.25, 0.3) is 0 Å². The summed E-state index contributed by atoms with van der Waals surface area (Å²) in [5.74, 6) is 0.139. The van der Waals surface area contributed by atoms with E-state index in [-0.39, 0.29) is 23.5 Å². The molecule has 0 saturated carbocycles. The van der Waals surface area contributed by atoms with E-state index in [0.29, 0.717) is 6.54 Å². The second-order valence-electron chi connectivity index (χ2n) is 6.57. The minimum absolute atomic E-state index is 0.0689. The van der Waals surface area contributed by atoms with Gasteiger partial charge in [-0.3, -0.25) is 4.79 Å². The fourth-order valence-corrected chi connectivity index (χ4v) is 2.81. The molecule has 2 rings (SSSR count). The van der Waals surface area contributed by atoms with Gasteiger partial charge in [-0.15, -0.1) is 0 Å². The lowest BCUT2D eigenvalue weighted by molar-refractivity contribution is -0.142. The van der Waals surface area contributed by atoms with E-state index < -0.39 is 0 Å². The molecule has 0 aromatic heterocycles. The molecule has 2 unspecified atom stereocenters. The number of rotatable bonds is 2. The fourth-order valence-electron chi connectivity index (χ4n) is 2.81. The highest BCUT2D eigenvalue weighted by molar-refractivity contribution is 5.81.